The monoisotopic (exact) mass is 249 g/mol. The van der Waals surface area contributed by atoms with Crippen molar-refractivity contribution < 1.29 is 0 Å². The van der Waals surface area contributed by atoms with E-state index < -0.39 is 0 Å². The van der Waals surface area contributed by atoms with Crippen LogP contribution in [0, 0.1) is 6.92 Å². The fourth-order valence-corrected chi connectivity index (χ4v) is 2.17. The van der Waals surface area contributed by atoms with Crippen molar-refractivity contribution in [1.29, 1.82) is 0 Å². The van der Waals surface area contributed by atoms with Gasteiger partial charge in [0.25, 0.3) is 0 Å². The lowest BCUT2D eigenvalue weighted by molar-refractivity contribution is 0.400. The molecule has 0 atom stereocenters. The summed E-state index contributed by atoms with van der Waals surface area (Å²) in [5, 5.41) is 0. The normalized spacial score (nSPS) is 11.0. The summed E-state index contributed by atoms with van der Waals surface area (Å²) in [6, 6.07) is 6.54. The van der Waals surface area contributed by atoms with Gasteiger partial charge in [0, 0.05) is 25.3 Å². The maximum absolute atomic E-state index is 5.84. The minimum Gasteiger partial charge on any atom is -0.371 e. The molecule has 102 valence electrons. The summed E-state index contributed by atoms with van der Waals surface area (Å²) in [7, 11) is 4.24. The highest BCUT2D eigenvalue weighted by molar-refractivity contribution is 5.55. The zero-order valence-electron chi connectivity index (χ0n) is 12.2. The third-order valence-corrected chi connectivity index (χ3v) is 3.22. The molecular weight excluding hydrogens is 222 g/mol. The van der Waals surface area contributed by atoms with Gasteiger partial charge in [0.2, 0.25) is 0 Å². The first kappa shape index (κ1) is 15.0. The molecule has 0 saturated carbocycles. The van der Waals surface area contributed by atoms with E-state index in [1.54, 1.807) is 0 Å². The number of anilines is 1. The van der Waals surface area contributed by atoms with Gasteiger partial charge in [0.05, 0.1) is 0 Å². The molecule has 0 fully saturated rings. The Morgan fingerprint density at radius 3 is 2.44 bits per heavy atom. The van der Waals surface area contributed by atoms with Gasteiger partial charge in [0.1, 0.15) is 0 Å². The Balaban J connectivity index is 2.77. The standard InChI is InChI=1S/C15H27N3/c1-5-18(10-6-9-17(3)4)15-11-13(2)7-8-14(15)12-16/h7-8,11H,5-6,9-10,12,16H2,1-4H3. The maximum Gasteiger partial charge on any atom is 0.0414 e. The lowest BCUT2D eigenvalue weighted by Gasteiger charge is -2.26. The fraction of sp³-hybridized carbons (Fsp3) is 0.600. The second-order valence-electron chi connectivity index (χ2n) is 5.07. The molecule has 0 saturated heterocycles. The van der Waals surface area contributed by atoms with Gasteiger partial charge in [-0.1, -0.05) is 12.1 Å². The van der Waals surface area contributed by atoms with Crippen LogP contribution in [0.2, 0.25) is 0 Å². The summed E-state index contributed by atoms with van der Waals surface area (Å²) >= 11 is 0. The molecule has 0 aliphatic heterocycles. The predicted octanol–water partition coefficient (Wildman–Crippen LogP) is 2.23. The van der Waals surface area contributed by atoms with Gasteiger partial charge in [-0.25, -0.2) is 0 Å². The SMILES string of the molecule is CCN(CCCN(C)C)c1cc(C)ccc1CN. The van der Waals surface area contributed by atoms with Crippen molar-refractivity contribution >= 4 is 5.69 Å². The molecule has 0 aliphatic rings. The highest BCUT2D eigenvalue weighted by atomic mass is 15.1. The minimum absolute atomic E-state index is 0.611. The summed E-state index contributed by atoms with van der Waals surface area (Å²) < 4.78 is 0. The third-order valence-electron chi connectivity index (χ3n) is 3.22. The van der Waals surface area contributed by atoms with Crippen LogP contribution in [-0.2, 0) is 6.54 Å². The number of hydrogen-bond acceptors (Lipinski definition) is 3. The molecule has 1 aromatic rings. The van der Waals surface area contributed by atoms with Crippen molar-refractivity contribution in [2.75, 3.05) is 38.6 Å². The first-order valence-electron chi connectivity index (χ1n) is 6.77. The van der Waals surface area contributed by atoms with E-state index in [9.17, 15) is 0 Å². The van der Waals surface area contributed by atoms with Gasteiger partial charge < -0.3 is 15.5 Å². The highest BCUT2D eigenvalue weighted by Gasteiger charge is 2.09. The molecule has 3 nitrogen and oxygen atoms in total. The van der Waals surface area contributed by atoms with Crippen LogP contribution in [0.5, 0.6) is 0 Å². The molecule has 0 amide bonds. The van der Waals surface area contributed by atoms with Crippen LogP contribution in [0.25, 0.3) is 0 Å². The van der Waals surface area contributed by atoms with Crippen molar-refractivity contribution in [3.8, 4) is 0 Å². The third kappa shape index (κ3) is 4.31. The first-order chi connectivity index (χ1) is 8.58. The summed E-state index contributed by atoms with van der Waals surface area (Å²) in [4.78, 5) is 4.66. The summed E-state index contributed by atoms with van der Waals surface area (Å²) in [5.41, 5.74) is 9.68. The number of aryl methyl sites for hydroxylation is 1. The smallest absolute Gasteiger partial charge is 0.0414 e. The molecular formula is C15H27N3. The number of hydrogen-bond donors (Lipinski definition) is 1. The van der Waals surface area contributed by atoms with Gasteiger partial charge in [-0.15, -0.1) is 0 Å². The van der Waals surface area contributed by atoms with E-state index in [1.165, 1.54) is 23.2 Å². The first-order valence-corrected chi connectivity index (χ1v) is 6.77. The van der Waals surface area contributed by atoms with E-state index in [2.05, 4.69) is 55.9 Å². The molecule has 1 rings (SSSR count). The van der Waals surface area contributed by atoms with Gasteiger partial charge in [-0.05, 0) is 58.1 Å². The molecule has 0 aliphatic carbocycles. The summed E-state index contributed by atoms with van der Waals surface area (Å²) in [6.07, 6.45) is 1.18. The van der Waals surface area contributed by atoms with Crippen LogP contribution in [0.1, 0.15) is 24.5 Å². The molecule has 0 spiro atoms. The molecule has 0 radical (unpaired) electrons. The second kappa shape index (κ2) is 7.39. The van der Waals surface area contributed by atoms with E-state index >= 15 is 0 Å². The van der Waals surface area contributed by atoms with Crippen molar-refractivity contribution in [3.05, 3.63) is 29.3 Å². The van der Waals surface area contributed by atoms with E-state index in [-0.39, 0.29) is 0 Å². The van der Waals surface area contributed by atoms with Gasteiger partial charge in [0.15, 0.2) is 0 Å². The second-order valence-corrected chi connectivity index (χ2v) is 5.07. The zero-order chi connectivity index (χ0) is 13.5. The van der Waals surface area contributed by atoms with Crippen molar-refractivity contribution in [3.63, 3.8) is 0 Å². The maximum atomic E-state index is 5.84. The number of nitrogens with zero attached hydrogens (tertiary/aromatic N) is 2. The Bertz CT molecular complexity index is 361. The Hall–Kier alpha value is -1.06. The summed E-state index contributed by atoms with van der Waals surface area (Å²) in [5.74, 6) is 0. The fourth-order valence-electron chi connectivity index (χ4n) is 2.17. The quantitative estimate of drug-likeness (QED) is 0.804. The molecule has 2 N–H and O–H groups in total. The number of nitrogens with two attached hydrogens (primary N) is 1. The van der Waals surface area contributed by atoms with Crippen LogP contribution in [0.3, 0.4) is 0 Å². The highest BCUT2D eigenvalue weighted by Crippen LogP contribution is 2.22. The summed E-state index contributed by atoms with van der Waals surface area (Å²) in [6.45, 7) is 8.20. The number of benzene rings is 1. The van der Waals surface area contributed by atoms with E-state index in [0.29, 0.717) is 6.54 Å². The minimum atomic E-state index is 0.611. The van der Waals surface area contributed by atoms with Crippen molar-refractivity contribution in [2.45, 2.75) is 26.8 Å². The Morgan fingerprint density at radius 1 is 1.17 bits per heavy atom. The van der Waals surface area contributed by atoms with Gasteiger partial charge >= 0.3 is 0 Å². The lowest BCUT2D eigenvalue weighted by atomic mass is 10.1. The average Bonchev–Trinajstić information content (AvgIpc) is 2.34. The number of rotatable bonds is 7. The van der Waals surface area contributed by atoms with Crippen LogP contribution >= 0.6 is 0 Å². The lowest BCUT2D eigenvalue weighted by Crippen LogP contribution is -2.28. The molecule has 0 aromatic heterocycles. The van der Waals surface area contributed by atoms with Gasteiger partial charge in [-0.2, -0.15) is 0 Å². The molecule has 3 heteroatoms. The van der Waals surface area contributed by atoms with Crippen LogP contribution in [0.15, 0.2) is 18.2 Å². The Labute approximate surface area is 112 Å². The van der Waals surface area contributed by atoms with E-state index in [1.807, 2.05) is 0 Å². The van der Waals surface area contributed by atoms with E-state index in [4.69, 9.17) is 5.73 Å². The Kier molecular flexibility index (Phi) is 6.16. The van der Waals surface area contributed by atoms with Crippen molar-refractivity contribution in [1.82, 2.24) is 4.90 Å². The molecule has 0 heterocycles. The topological polar surface area (TPSA) is 32.5 Å². The predicted molar refractivity (Wildman–Crippen MR) is 80.1 cm³/mol. The van der Waals surface area contributed by atoms with Crippen LogP contribution in [0.4, 0.5) is 5.69 Å². The van der Waals surface area contributed by atoms with E-state index in [0.717, 1.165) is 19.6 Å². The molecule has 0 bridgehead atoms. The average molecular weight is 249 g/mol. The molecule has 18 heavy (non-hydrogen) atoms. The largest absolute Gasteiger partial charge is 0.371 e. The van der Waals surface area contributed by atoms with Gasteiger partial charge in [-0.3, -0.25) is 0 Å². The van der Waals surface area contributed by atoms with Crippen LogP contribution < -0.4 is 10.6 Å². The van der Waals surface area contributed by atoms with Crippen molar-refractivity contribution in [2.24, 2.45) is 5.73 Å². The molecule has 1 aromatic carbocycles. The Morgan fingerprint density at radius 2 is 1.89 bits per heavy atom. The van der Waals surface area contributed by atoms with Crippen LogP contribution in [-0.4, -0.2) is 38.6 Å². The molecule has 0 unspecified atom stereocenters. The zero-order valence-corrected chi connectivity index (χ0v) is 12.2.